The number of carbonyl (C=O) groups is 1. The van der Waals surface area contributed by atoms with Crippen molar-refractivity contribution in [1.82, 2.24) is 29.5 Å². The molecule has 0 aromatic carbocycles. The Morgan fingerprint density at radius 2 is 2.19 bits per heavy atom. The molecule has 1 fully saturated rings. The molecule has 0 unspecified atom stereocenters. The highest BCUT2D eigenvalue weighted by Gasteiger charge is 2.28. The quantitative estimate of drug-likeness (QED) is 0.738. The number of amides is 1. The van der Waals surface area contributed by atoms with Crippen molar-refractivity contribution in [2.75, 3.05) is 0 Å². The van der Waals surface area contributed by atoms with Gasteiger partial charge in [-0.05, 0) is 30.9 Å². The standard InChI is InChI=1S/C18H22N6O2/c1-23-16(21-22-18(23)26)10-12-4-2-3-5-14(12)20-17(25)13-6-7-15-19-8-9-24(15)11-13/h6-9,11-12,14H,2-5,10H2,1H3,(H,20,25)(H,22,26)/t12-,14-/m1/s1. The molecule has 0 aliphatic heterocycles. The van der Waals surface area contributed by atoms with Gasteiger partial charge in [-0.15, -0.1) is 0 Å². The molecule has 3 heterocycles. The number of carbonyl (C=O) groups excluding carboxylic acids is 1. The maximum absolute atomic E-state index is 12.7. The monoisotopic (exact) mass is 354 g/mol. The van der Waals surface area contributed by atoms with Crippen LogP contribution < -0.4 is 11.0 Å². The molecule has 0 bridgehead atoms. The maximum atomic E-state index is 12.7. The SMILES string of the molecule is Cn1c(C[C@H]2CCCC[C@H]2NC(=O)c2ccc3nccn3c2)n[nH]c1=O. The van der Waals surface area contributed by atoms with E-state index in [0.29, 0.717) is 12.0 Å². The van der Waals surface area contributed by atoms with Gasteiger partial charge in [-0.2, -0.15) is 5.10 Å². The van der Waals surface area contributed by atoms with Gasteiger partial charge in [0.1, 0.15) is 11.5 Å². The summed E-state index contributed by atoms with van der Waals surface area (Å²) in [6.45, 7) is 0. The Labute approximate surface area is 150 Å². The van der Waals surface area contributed by atoms with E-state index in [2.05, 4.69) is 20.5 Å². The zero-order chi connectivity index (χ0) is 18.1. The third-order valence-corrected chi connectivity index (χ3v) is 5.29. The number of rotatable bonds is 4. The van der Waals surface area contributed by atoms with Crippen molar-refractivity contribution in [3.05, 3.63) is 52.6 Å². The van der Waals surface area contributed by atoms with Gasteiger partial charge in [-0.1, -0.05) is 12.8 Å². The lowest BCUT2D eigenvalue weighted by atomic mass is 9.82. The number of hydrogen-bond donors (Lipinski definition) is 2. The third-order valence-electron chi connectivity index (χ3n) is 5.29. The normalized spacial score (nSPS) is 20.3. The van der Waals surface area contributed by atoms with Crippen molar-refractivity contribution in [1.29, 1.82) is 0 Å². The molecule has 0 spiro atoms. The number of nitrogens with one attached hydrogen (secondary N) is 2. The zero-order valence-corrected chi connectivity index (χ0v) is 14.7. The molecule has 8 nitrogen and oxygen atoms in total. The molecule has 136 valence electrons. The van der Waals surface area contributed by atoms with E-state index in [1.807, 2.05) is 16.7 Å². The van der Waals surface area contributed by atoms with Gasteiger partial charge in [0, 0.05) is 38.1 Å². The molecule has 0 radical (unpaired) electrons. The van der Waals surface area contributed by atoms with Gasteiger partial charge in [0.25, 0.3) is 5.91 Å². The number of hydrogen-bond acceptors (Lipinski definition) is 4. The highest BCUT2D eigenvalue weighted by atomic mass is 16.2. The van der Waals surface area contributed by atoms with E-state index in [1.165, 1.54) is 0 Å². The number of aromatic amines is 1. The molecule has 8 heteroatoms. The van der Waals surface area contributed by atoms with E-state index in [4.69, 9.17) is 0 Å². The van der Waals surface area contributed by atoms with Crippen molar-refractivity contribution in [2.45, 2.75) is 38.1 Å². The first-order valence-electron chi connectivity index (χ1n) is 8.95. The van der Waals surface area contributed by atoms with Crippen LogP contribution in [0.15, 0.2) is 35.5 Å². The molecule has 2 N–H and O–H groups in total. The van der Waals surface area contributed by atoms with Crippen LogP contribution in [0.25, 0.3) is 5.65 Å². The average Bonchev–Trinajstić information content (AvgIpc) is 3.24. The lowest BCUT2D eigenvalue weighted by molar-refractivity contribution is 0.0904. The molecular formula is C18H22N6O2. The van der Waals surface area contributed by atoms with E-state index in [-0.39, 0.29) is 23.6 Å². The summed E-state index contributed by atoms with van der Waals surface area (Å²) in [6.07, 6.45) is 10.2. The van der Waals surface area contributed by atoms with E-state index in [9.17, 15) is 9.59 Å². The highest BCUT2D eigenvalue weighted by Crippen LogP contribution is 2.27. The van der Waals surface area contributed by atoms with Gasteiger partial charge in [0.15, 0.2) is 0 Å². The number of H-pyrrole nitrogens is 1. The van der Waals surface area contributed by atoms with Gasteiger partial charge in [0.05, 0.1) is 5.56 Å². The molecule has 3 aromatic rings. The minimum Gasteiger partial charge on any atom is -0.349 e. The number of nitrogens with zero attached hydrogens (tertiary/aromatic N) is 4. The average molecular weight is 354 g/mol. The molecule has 26 heavy (non-hydrogen) atoms. The predicted octanol–water partition coefficient (Wildman–Crippen LogP) is 1.29. The predicted molar refractivity (Wildman–Crippen MR) is 95.9 cm³/mol. The Hall–Kier alpha value is -2.90. The van der Waals surface area contributed by atoms with Crippen molar-refractivity contribution < 1.29 is 4.79 Å². The molecule has 1 saturated carbocycles. The fraction of sp³-hybridized carbons (Fsp3) is 0.444. The number of imidazole rings is 1. The number of aromatic nitrogens is 5. The maximum Gasteiger partial charge on any atom is 0.343 e. The Kier molecular flexibility index (Phi) is 4.32. The second-order valence-electron chi connectivity index (χ2n) is 6.94. The van der Waals surface area contributed by atoms with Crippen molar-refractivity contribution in [2.24, 2.45) is 13.0 Å². The first kappa shape index (κ1) is 16.6. The summed E-state index contributed by atoms with van der Waals surface area (Å²) in [5.74, 6) is 0.938. The first-order valence-corrected chi connectivity index (χ1v) is 8.95. The number of fused-ring (bicyclic) bond motifs is 1. The van der Waals surface area contributed by atoms with Crippen LogP contribution in [0.2, 0.25) is 0 Å². The summed E-state index contributed by atoms with van der Waals surface area (Å²) in [5, 5.41) is 9.79. The van der Waals surface area contributed by atoms with Gasteiger partial charge < -0.3 is 9.72 Å². The Morgan fingerprint density at radius 3 is 3.00 bits per heavy atom. The molecule has 1 aliphatic carbocycles. The van der Waals surface area contributed by atoms with Crippen LogP contribution in [-0.2, 0) is 13.5 Å². The summed E-state index contributed by atoms with van der Waals surface area (Å²) in [5.41, 5.74) is 1.23. The van der Waals surface area contributed by atoms with E-state index < -0.39 is 0 Å². The summed E-state index contributed by atoms with van der Waals surface area (Å²) >= 11 is 0. The Balaban J connectivity index is 1.49. The second-order valence-corrected chi connectivity index (χ2v) is 6.94. The van der Waals surface area contributed by atoms with Crippen molar-refractivity contribution in [3.8, 4) is 0 Å². The minimum absolute atomic E-state index is 0.0755. The molecule has 1 aliphatic rings. The zero-order valence-electron chi connectivity index (χ0n) is 14.7. The summed E-state index contributed by atoms with van der Waals surface area (Å²) in [7, 11) is 1.72. The lowest BCUT2D eigenvalue weighted by Crippen LogP contribution is -2.43. The third kappa shape index (κ3) is 3.14. The highest BCUT2D eigenvalue weighted by molar-refractivity contribution is 5.94. The summed E-state index contributed by atoms with van der Waals surface area (Å²) in [4.78, 5) is 28.5. The van der Waals surface area contributed by atoms with Gasteiger partial charge in [-0.25, -0.2) is 14.9 Å². The Morgan fingerprint density at radius 1 is 1.35 bits per heavy atom. The van der Waals surface area contributed by atoms with Crippen LogP contribution in [-0.4, -0.2) is 36.1 Å². The number of pyridine rings is 1. The van der Waals surface area contributed by atoms with Crippen LogP contribution in [0, 0.1) is 5.92 Å². The fourth-order valence-corrected chi connectivity index (χ4v) is 3.74. The van der Waals surface area contributed by atoms with Crippen LogP contribution in [0.5, 0.6) is 0 Å². The van der Waals surface area contributed by atoms with Crippen LogP contribution in [0.3, 0.4) is 0 Å². The van der Waals surface area contributed by atoms with Crippen LogP contribution in [0.1, 0.15) is 41.9 Å². The van der Waals surface area contributed by atoms with Crippen LogP contribution in [0.4, 0.5) is 0 Å². The summed E-state index contributed by atoms with van der Waals surface area (Å²) < 4.78 is 3.38. The minimum atomic E-state index is -0.204. The lowest BCUT2D eigenvalue weighted by Gasteiger charge is -2.32. The largest absolute Gasteiger partial charge is 0.349 e. The molecule has 0 saturated heterocycles. The van der Waals surface area contributed by atoms with E-state index in [1.54, 1.807) is 30.1 Å². The van der Waals surface area contributed by atoms with Gasteiger partial charge in [0.2, 0.25) is 0 Å². The van der Waals surface area contributed by atoms with Crippen LogP contribution >= 0.6 is 0 Å². The Bertz CT molecular complexity index is 985. The van der Waals surface area contributed by atoms with E-state index >= 15 is 0 Å². The molecule has 2 atom stereocenters. The summed E-state index contributed by atoms with van der Waals surface area (Å²) in [6, 6.07) is 3.72. The van der Waals surface area contributed by atoms with Crippen molar-refractivity contribution in [3.63, 3.8) is 0 Å². The smallest absolute Gasteiger partial charge is 0.343 e. The first-order chi connectivity index (χ1) is 12.6. The van der Waals surface area contributed by atoms with Gasteiger partial charge in [-0.3, -0.25) is 9.36 Å². The molecule has 3 aromatic heterocycles. The molecular weight excluding hydrogens is 332 g/mol. The second kappa shape index (κ2) is 6.78. The van der Waals surface area contributed by atoms with Gasteiger partial charge >= 0.3 is 5.69 Å². The van der Waals surface area contributed by atoms with E-state index in [0.717, 1.165) is 37.2 Å². The van der Waals surface area contributed by atoms with Crippen molar-refractivity contribution >= 4 is 11.6 Å². The topological polar surface area (TPSA) is 97.1 Å². The molecule has 1 amide bonds. The molecule has 4 rings (SSSR count). The fourth-order valence-electron chi connectivity index (χ4n) is 3.74.